The van der Waals surface area contributed by atoms with Crippen molar-refractivity contribution in [2.45, 2.75) is 18.1 Å². The third kappa shape index (κ3) is 4.14. The Kier molecular flexibility index (Phi) is 6.01. The molecule has 1 fully saturated rings. The molecule has 3 atom stereocenters. The number of nitrogens with one attached hydrogen (secondary N) is 1. The van der Waals surface area contributed by atoms with Gasteiger partial charge in [-0.15, -0.1) is 0 Å². The lowest BCUT2D eigenvalue weighted by Crippen LogP contribution is -2.49. The molecule has 174 valence electrons. The maximum absolute atomic E-state index is 15.0. The van der Waals surface area contributed by atoms with Crippen LogP contribution in [0.3, 0.4) is 0 Å². The summed E-state index contributed by atoms with van der Waals surface area (Å²) in [5.41, 5.74) is -0.379. The molecule has 3 heterocycles. The van der Waals surface area contributed by atoms with E-state index < -0.39 is 23.3 Å². The molecule has 34 heavy (non-hydrogen) atoms. The summed E-state index contributed by atoms with van der Waals surface area (Å²) in [7, 11) is 0. The van der Waals surface area contributed by atoms with Crippen LogP contribution >= 0.6 is 11.8 Å². The molecule has 7 nitrogen and oxygen atoms in total. The number of fused-ring (bicyclic) bond motifs is 1. The number of rotatable bonds is 4. The normalized spacial score (nSPS) is 24.1. The summed E-state index contributed by atoms with van der Waals surface area (Å²) in [5, 5.41) is 3.13. The number of carbonyl (C=O) groups excluding carboxylic acids is 2. The number of ether oxygens (including phenoxy) is 1. The summed E-state index contributed by atoms with van der Waals surface area (Å²) in [4.78, 5) is 32.5. The SMILES string of the molecule is O=Cc1coc([C@H]2C[C@H]3CSC(NC(=O)c4ccccc4)=N[C@@]3(c3ccc(F)cc3F)CO2)n1. The molecule has 10 heteroatoms. The van der Waals surface area contributed by atoms with E-state index in [1.54, 1.807) is 24.3 Å². The quantitative estimate of drug-likeness (QED) is 0.557. The molecular weight excluding hydrogens is 464 g/mol. The highest BCUT2D eigenvalue weighted by Gasteiger charge is 2.50. The first-order valence-corrected chi connectivity index (χ1v) is 11.5. The molecular formula is C24H19F2N3O4S. The first kappa shape index (κ1) is 22.4. The second kappa shape index (κ2) is 9.11. The van der Waals surface area contributed by atoms with Gasteiger partial charge in [0.1, 0.15) is 35.2 Å². The molecule has 1 amide bonds. The van der Waals surface area contributed by atoms with Crippen LogP contribution in [-0.4, -0.2) is 34.7 Å². The largest absolute Gasteiger partial charge is 0.445 e. The fourth-order valence-corrected chi connectivity index (χ4v) is 5.45. The van der Waals surface area contributed by atoms with Crippen molar-refractivity contribution >= 4 is 29.1 Å². The minimum atomic E-state index is -1.18. The Morgan fingerprint density at radius 2 is 2.03 bits per heavy atom. The number of hydrogen-bond donors (Lipinski definition) is 1. The minimum absolute atomic E-state index is 0.0467. The van der Waals surface area contributed by atoms with E-state index in [1.165, 1.54) is 30.2 Å². The molecule has 1 N–H and O–H groups in total. The van der Waals surface area contributed by atoms with Crippen LogP contribution in [0, 0.1) is 17.6 Å². The topological polar surface area (TPSA) is 93.8 Å². The van der Waals surface area contributed by atoms with E-state index in [1.807, 2.05) is 6.07 Å². The molecule has 0 unspecified atom stereocenters. The second-order valence-corrected chi connectivity index (χ2v) is 9.07. The summed E-state index contributed by atoms with van der Waals surface area (Å²) < 4.78 is 40.1. The van der Waals surface area contributed by atoms with Gasteiger partial charge in [0.05, 0.1) is 6.61 Å². The third-order valence-corrected chi connectivity index (χ3v) is 7.03. The zero-order chi connectivity index (χ0) is 23.7. The van der Waals surface area contributed by atoms with E-state index in [0.717, 1.165) is 6.07 Å². The van der Waals surface area contributed by atoms with Gasteiger partial charge in [-0.05, 0) is 24.6 Å². The highest BCUT2D eigenvalue weighted by molar-refractivity contribution is 8.13. The van der Waals surface area contributed by atoms with Gasteiger partial charge in [-0.25, -0.2) is 18.8 Å². The summed E-state index contributed by atoms with van der Waals surface area (Å²) in [5.74, 6) is -1.26. The highest BCUT2D eigenvalue weighted by atomic mass is 32.2. The summed E-state index contributed by atoms with van der Waals surface area (Å²) in [6.45, 7) is -0.0467. The van der Waals surface area contributed by atoms with Crippen molar-refractivity contribution < 1.29 is 27.5 Å². The van der Waals surface area contributed by atoms with Crippen molar-refractivity contribution in [2.24, 2.45) is 10.9 Å². The highest BCUT2D eigenvalue weighted by Crippen LogP contribution is 2.49. The predicted molar refractivity (Wildman–Crippen MR) is 121 cm³/mol. The maximum Gasteiger partial charge on any atom is 0.257 e. The van der Waals surface area contributed by atoms with Crippen LogP contribution in [0.2, 0.25) is 0 Å². The molecule has 2 aromatic carbocycles. The lowest BCUT2D eigenvalue weighted by Gasteiger charge is -2.46. The molecule has 5 rings (SSSR count). The zero-order valence-electron chi connectivity index (χ0n) is 17.7. The number of benzene rings is 2. The van der Waals surface area contributed by atoms with Crippen LogP contribution < -0.4 is 5.32 Å². The number of halogens is 2. The average molecular weight is 483 g/mol. The maximum atomic E-state index is 15.0. The molecule has 1 aromatic heterocycles. The number of carbonyl (C=O) groups is 2. The number of hydrogen-bond acceptors (Lipinski definition) is 7. The second-order valence-electron chi connectivity index (χ2n) is 8.06. The number of aldehydes is 1. The van der Waals surface area contributed by atoms with Crippen molar-refractivity contribution in [2.75, 3.05) is 12.4 Å². The van der Waals surface area contributed by atoms with Crippen LogP contribution in [0.15, 0.2) is 64.2 Å². The van der Waals surface area contributed by atoms with Crippen LogP contribution in [0.4, 0.5) is 8.78 Å². The zero-order valence-corrected chi connectivity index (χ0v) is 18.6. The lowest BCUT2D eigenvalue weighted by molar-refractivity contribution is -0.0698. The fraction of sp³-hybridized carbons (Fsp3) is 0.250. The number of oxazole rings is 1. The van der Waals surface area contributed by atoms with Gasteiger partial charge in [0.25, 0.3) is 5.91 Å². The predicted octanol–water partition coefficient (Wildman–Crippen LogP) is 4.27. The van der Waals surface area contributed by atoms with Crippen LogP contribution in [0.25, 0.3) is 0 Å². The first-order valence-electron chi connectivity index (χ1n) is 10.6. The Hall–Kier alpha value is -3.37. The lowest BCUT2D eigenvalue weighted by atomic mass is 9.75. The van der Waals surface area contributed by atoms with Gasteiger partial charge in [-0.3, -0.25) is 9.59 Å². The molecule has 3 aromatic rings. The smallest absolute Gasteiger partial charge is 0.257 e. The third-order valence-electron chi connectivity index (χ3n) is 5.99. The summed E-state index contributed by atoms with van der Waals surface area (Å²) in [6, 6.07) is 12.0. The van der Waals surface area contributed by atoms with E-state index in [0.29, 0.717) is 29.2 Å². The number of nitrogens with zero attached hydrogens (tertiary/aromatic N) is 2. The Labute approximate surface area is 197 Å². The Morgan fingerprint density at radius 1 is 1.21 bits per heavy atom. The molecule has 2 aliphatic heterocycles. The van der Waals surface area contributed by atoms with Crippen molar-refractivity contribution in [1.82, 2.24) is 10.3 Å². The number of amides is 1. The van der Waals surface area contributed by atoms with E-state index in [4.69, 9.17) is 14.1 Å². The van der Waals surface area contributed by atoms with Gasteiger partial charge in [-0.2, -0.15) is 0 Å². The van der Waals surface area contributed by atoms with Gasteiger partial charge in [0.15, 0.2) is 11.5 Å². The van der Waals surface area contributed by atoms with Crippen molar-refractivity contribution in [3.05, 3.63) is 89.1 Å². The summed E-state index contributed by atoms with van der Waals surface area (Å²) >= 11 is 1.34. The molecule has 1 saturated heterocycles. The molecule has 0 aliphatic carbocycles. The van der Waals surface area contributed by atoms with Gasteiger partial charge in [0, 0.05) is 28.9 Å². The van der Waals surface area contributed by atoms with E-state index in [2.05, 4.69) is 10.3 Å². The molecule has 0 bridgehead atoms. The molecule has 0 saturated carbocycles. The standard InChI is InChI=1S/C24H19F2N3O4S/c25-16-6-7-18(19(26)9-16)24-13-33-20(22-27-17(10-30)11-32-22)8-15(24)12-34-23(29-24)28-21(31)14-4-2-1-3-5-14/h1-7,9-11,15,20H,8,12-13H2,(H,28,29,31)/t15-,20+,24-/m0/s1. The number of aromatic nitrogens is 1. The summed E-state index contributed by atoms with van der Waals surface area (Å²) in [6.07, 6.45) is 1.66. The van der Waals surface area contributed by atoms with E-state index >= 15 is 0 Å². The van der Waals surface area contributed by atoms with Gasteiger partial charge in [0.2, 0.25) is 5.89 Å². The monoisotopic (exact) mass is 483 g/mol. The Bertz CT molecular complexity index is 1270. The minimum Gasteiger partial charge on any atom is -0.445 e. The van der Waals surface area contributed by atoms with Gasteiger partial charge < -0.3 is 14.5 Å². The van der Waals surface area contributed by atoms with Gasteiger partial charge >= 0.3 is 0 Å². The fourth-order valence-electron chi connectivity index (χ4n) is 4.29. The molecule has 0 spiro atoms. The Balaban J connectivity index is 1.49. The van der Waals surface area contributed by atoms with E-state index in [9.17, 15) is 18.4 Å². The van der Waals surface area contributed by atoms with Crippen LogP contribution in [0.5, 0.6) is 0 Å². The van der Waals surface area contributed by atoms with E-state index in [-0.39, 0.29) is 35.6 Å². The van der Waals surface area contributed by atoms with Crippen LogP contribution in [0.1, 0.15) is 44.8 Å². The molecule has 0 radical (unpaired) electrons. The number of aliphatic imine (C=N–C) groups is 1. The Morgan fingerprint density at radius 3 is 2.76 bits per heavy atom. The molecule has 2 aliphatic rings. The van der Waals surface area contributed by atoms with Crippen molar-refractivity contribution in [3.63, 3.8) is 0 Å². The van der Waals surface area contributed by atoms with Crippen LogP contribution in [-0.2, 0) is 10.3 Å². The average Bonchev–Trinajstić information content (AvgIpc) is 3.33. The first-order chi connectivity index (χ1) is 16.5. The number of amidine groups is 1. The van der Waals surface area contributed by atoms with Crippen molar-refractivity contribution in [3.8, 4) is 0 Å². The number of thioether (sulfide) groups is 1. The van der Waals surface area contributed by atoms with Crippen molar-refractivity contribution in [1.29, 1.82) is 0 Å². The van der Waals surface area contributed by atoms with Gasteiger partial charge in [-0.1, -0.05) is 36.0 Å².